The topological polar surface area (TPSA) is 81.3 Å². The van der Waals surface area contributed by atoms with Crippen molar-refractivity contribution in [2.45, 2.75) is 26.3 Å². The molecule has 0 radical (unpaired) electrons. The molecule has 1 N–H and O–H groups in total. The Morgan fingerprint density at radius 2 is 1.88 bits per heavy atom. The fourth-order valence-corrected chi connectivity index (χ4v) is 3.94. The summed E-state index contributed by atoms with van der Waals surface area (Å²) in [5.74, 6) is -0.0175. The van der Waals surface area contributed by atoms with Crippen LogP contribution in [0, 0.1) is 12.7 Å². The zero-order valence-corrected chi connectivity index (χ0v) is 18.5. The van der Waals surface area contributed by atoms with Gasteiger partial charge in [-0.05, 0) is 67.4 Å². The molecule has 0 fully saturated rings. The summed E-state index contributed by atoms with van der Waals surface area (Å²) < 4.78 is 16.8. The van der Waals surface area contributed by atoms with Crippen molar-refractivity contribution in [2.24, 2.45) is 0 Å². The van der Waals surface area contributed by atoms with E-state index in [1.54, 1.807) is 34.7 Å². The molecule has 7 nitrogen and oxygen atoms in total. The Labute approximate surface area is 194 Å². The fourth-order valence-electron chi connectivity index (χ4n) is 3.94. The monoisotopic (exact) mass is 455 g/mol. The van der Waals surface area contributed by atoms with Crippen LogP contribution in [0.25, 0.3) is 27.8 Å². The van der Waals surface area contributed by atoms with E-state index in [2.05, 4.69) is 15.3 Å². The number of hydrogen-bond acceptors (Lipinski definition) is 4. The first-order valence-corrected chi connectivity index (χ1v) is 11.0. The highest BCUT2D eigenvalue weighted by atomic mass is 19.1. The van der Waals surface area contributed by atoms with Gasteiger partial charge in [-0.25, -0.2) is 14.4 Å². The van der Waals surface area contributed by atoms with E-state index < -0.39 is 0 Å². The van der Waals surface area contributed by atoms with Gasteiger partial charge in [0, 0.05) is 24.7 Å². The maximum absolute atomic E-state index is 13.4. The summed E-state index contributed by atoms with van der Waals surface area (Å²) in [7, 11) is 0. The number of para-hydroxylation sites is 1. The molecule has 5 aromatic rings. The second-order valence-corrected chi connectivity index (χ2v) is 8.16. The van der Waals surface area contributed by atoms with E-state index in [0.717, 1.165) is 5.56 Å². The van der Waals surface area contributed by atoms with Gasteiger partial charge in [-0.2, -0.15) is 0 Å². The number of aryl methyl sites for hydroxylation is 2. The number of halogens is 1. The molecule has 170 valence electrons. The van der Waals surface area contributed by atoms with Crippen LogP contribution in [-0.4, -0.2) is 24.8 Å². The third-order valence-corrected chi connectivity index (χ3v) is 5.69. The molecule has 0 saturated heterocycles. The Hall–Kier alpha value is -4.33. The van der Waals surface area contributed by atoms with Gasteiger partial charge in [-0.1, -0.05) is 12.1 Å². The number of hydrogen-bond donors (Lipinski definition) is 1. The van der Waals surface area contributed by atoms with Crippen molar-refractivity contribution in [1.29, 1.82) is 0 Å². The lowest BCUT2D eigenvalue weighted by molar-refractivity contribution is -0.116. The van der Waals surface area contributed by atoms with Crippen LogP contribution in [0.1, 0.15) is 18.4 Å². The molecule has 1 amide bonds. The summed E-state index contributed by atoms with van der Waals surface area (Å²) in [4.78, 5) is 34.5. The fraction of sp³-hybridized carbons (Fsp3) is 0.154. The molecule has 8 heteroatoms. The summed E-state index contributed by atoms with van der Waals surface area (Å²) in [6.07, 6.45) is 4.04. The SMILES string of the molecule is Cc1ccn2c(NC(=O)CCCn3cnc4ccccc4c3=O)c(-c3ccc(F)cc3)nc2c1. The summed E-state index contributed by atoms with van der Waals surface area (Å²) in [5.41, 5.74) is 3.51. The number of fused-ring (bicyclic) bond motifs is 2. The first kappa shape index (κ1) is 21.5. The third-order valence-electron chi connectivity index (χ3n) is 5.69. The molecule has 3 heterocycles. The van der Waals surface area contributed by atoms with Crippen molar-refractivity contribution >= 4 is 28.3 Å². The van der Waals surface area contributed by atoms with Gasteiger partial charge in [0.25, 0.3) is 5.56 Å². The van der Waals surface area contributed by atoms with Gasteiger partial charge >= 0.3 is 0 Å². The van der Waals surface area contributed by atoms with Gasteiger partial charge in [0.05, 0.1) is 17.2 Å². The summed E-state index contributed by atoms with van der Waals surface area (Å²) in [5, 5.41) is 3.52. The van der Waals surface area contributed by atoms with Crippen LogP contribution < -0.4 is 10.9 Å². The Bertz CT molecular complexity index is 1570. The minimum absolute atomic E-state index is 0.123. The Kier molecular flexibility index (Phi) is 5.63. The van der Waals surface area contributed by atoms with E-state index in [1.165, 1.54) is 23.0 Å². The minimum Gasteiger partial charge on any atom is -0.310 e. The highest BCUT2D eigenvalue weighted by Crippen LogP contribution is 2.29. The van der Waals surface area contributed by atoms with Crippen molar-refractivity contribution in [2.75, 3.05) is 5.32 Å². The molecule has 2 aromatic carbocycles. The van der Waals surface area contributed by atoms with E-state index in [9.17, 15) is 14.0 Å². The van der Waals surface area contributed by atoms with E-state index in [4.69, 9.17) is 0 Å². The smallest absolute Gasteiger partial charge is 0.261 e. The Balaban J connectivity index is 1.35. The quantitative estimate of drug-likeness (QED) is 0.406. The van der Waals surface area contributed by atoms with Crippen LogP contribution in [-0.2, 0) is 11.3 Å². The van der Waals surface area contributed by atoms with Crippen LogP contribution in [0.15, 0.2) is 78.0 Å². The van der Waals surface area contributed by atoms with Crippen molar-refractivity contribution in [3.8, 4) is 11.3 Å². The lowest BCUT2D eigenvalue weighted by atomic mass is 10.1. The Morgan fingerprint density at radius 1 is 1.09 bits per heavy atom. The van der Waals surface area contributed by atoms with Crippen molar-refractivity contribution in [1.82, 2.24) is 18.9 Å². The first-order valence-electron chi connectivity index (χ1n) is 11.0. The number of benzene rings is 2. The normalized spacial score (nSPS) is 11.2. The second kappa shape index (κ2) is 8.90. The van der Waals surface area contributed by atoms with Gasteiger partial charge < -0.3 is 5.32 Å². The molecule has 0 aliphatic carbocycles. The molecule has 34 heavy (non-hydrogen) atoms. The lowest BCUT2D eigenvalue weighted by Crippen LogP contribution is -2.22. The van der Waals surface area contributed by atoms with Gasteiger partial charge in [0.15, 0.2) is 0 Å². The standard InChI is InChI=1S/C26H22FN5O2/c1-17-12-14-32-22(15-17)29-24(18-8-10-19(27)11-9-18)25(32)30-23(33)7-4-13-31-16-28-21-6-3-2-5-20(21)26(31)34/h2-3,5-6,8-12,14-16H,4,7,13H2,1H3,(H,30,33). The van der Waals surface area contributed by atoms with Crippen molar-refractivity contribution in [3.63, 3.8) is 0 Å². The highest BCUT2D eigenvalue weighted by molar-refractivity contribution is 5.94. The third kappa shape index (κ3) is 4.17. The van der Waals surface area contributed by atoms with E-state index in [-0.39, 0.29) is 23.7 Å². The number of rotatable bonds is 6. The molecular formula is C26H22FN5O2. The lowest BCUT2D eigenvalue weighted by Gasteiger charge is -2.09. The first-order chi connectivity index (χ1) is 16.5. The number of nitrogens with one attached hydrogen (secondary N) is 1. The van der Waals surface area contributed by atoms with Gasteiger partial charge in [0.2, 0.25) is 5.91 Å². The van der Waals surface area contributed by atoms with Crippen LogP contribution in [0.2, 0.25) is 0 Å². The van der Waals surface area contributed by atoms with E-state index in [1.807, 2.05) is 31.3 Å². The number of amides is 1. The van der Waals surface area contributed by atoms with E-state index in [0.29, 0.717) is 46.6 Å². The number of aromatic nitrogens is 4. The Morgan fingerprint density at radius 3 is 2.71 bits per heavy atom. The zero-order chi connectivity index (χ0) is 23.7. The molecule has 3 aromatic heterocycles. The number of pyridine rings is 1. The average Bonchev–Trinajstić information content (AvgIpc) is 3.18. The maximum Gasteiger partial charge on any atom is 0.261 e. The molecule has 0 saturated carbocycles. The highest BCUT2D eigenvalue weighted by Gasteiger charge is 2.17. The van der Waals surface area contributed by atoms with Crippen LogP contribution in [0.5, 0.6) is 0 Å². The predicted octanol–water partition coefficient (Wildman–Crippen LogP) is 4.58. The second-order valence-electron chi connectivity index (χ2n) is 8.16. The number of imidazole rings is 1. The average molecular weight is 455 g/mol. The van der Waals surface area contributed by atoms with Crippen LogP contribution >= 0.6 is 0 Å². The van der Waals surface area contributed by atoms with Crippen molar-refractivity contribution in [3.05, 3.63) is 94.9 Å². The molecule has 5 rings (SSSR count). The molecule has 0 atom stereocenters. The predicted molar refractivity (Wildman–Crippen MR) is 129 cm³/mol. The summed E-state index contributed by atoms with van der Waals surface area (Å²) >= 11 is 0. The zero-order valence-electron chi connectivity index (χ0n) is 18.5. The molecule has 0 bridgehead atoms. The van der Waals surface area contributed by atoms with Crippen molar-refractivity contribution < 1.29 is 9.18 Å². The van der Waals surface area contributed by atoms with Crippen LogP contribution in [0.4, 0.5) is 10.2 Å². The molecule has 0 spiro atoms. The minimum atomic E-state index is -0.340. The molecular weight excluding hydrogens is 433 g/mol. The number of carbonyl (C=O) groups is 1. The van der Waals surface area contributed by atoms with Crippen LogP contribution in [0.3, 0.4) is 0 Å². The number of carbonyl (C=O) groups excluding carboxylic acids is 1. The van der Waals surface area contributed by atoms with E-state index >= 15 is 0 Å². The number of anilines is 1. The largest absolute Gasteiger partial charge is 0.310 e. The molecule has 0 aliphatic rings. The maximum atomic E-state index is 13.4. The van der Waals surface area contributed by atoms with Gasteiger partial charge in [-0.15, -0.1) is 0 Å². The number of nitrogens with zero attached hydrogens (tertiary/aromatic N) is 4. The van der Waals surface area contributed by atoms with Gasteiger partial charge in [0.1, 0.15) is 23.0 Å². The summed E-state index contributed by atoms with van der Waals surface area (Å²) in [6, 6.07) is 17.0. The molecule has 0 aliphatic heterocycles. The summed E-state index contributed by atoms with van der Waals surface area (Å²) in [6.45, 7) is 2.34. The molecule has 0 unspecified atom stereocenters. The van der Waals surface area contributed by atoms with Gasteiger partial charge in [-0.3, -0.25) is 18.6 Å².